The number of rotatable bonds is 17. The van der Waals surface area contributed by atoms with Crippen LogP contribution in [0.1, 0.15) is 50.8 Å². The summed E-state index contributed by atoms with van der Waals surface area (Å²) in [5, 5.41) is 52.5. The van der Waals surface area contributed by atoms with E-state index in [-0.39, 0.29) is 41.3 Å². The first-order valence-corrected chi connectivity index (χ1v) is 16.7. The van der Waals surface area contributed by atoms with Crippen molar-refractivity contribution >= 4 is 52.6 Å². The summed E-state index contributed by atoms with van der Waals surface area (Å²) in [6, 6.07) is 7.12. The maximum Gasteiger partial charge on any atom is 0.327 e. The van der Waals surface area contributed by atoms with E-state index in [1.54, 1.807) is 30.1 Å². The van der Waals surface area contributed by atoms with Crippen molar-refractivity contribution in [2.24, 2.45) is 5.41 Å². The van der Waals surface area contributed by atoms with Crippen LogP contribution in [0.4, 0.5) is 17.1 Å². The molecule has 0 saturated carbocycles. The first kappa shape index (κ1) is 39.2. The molecule has 0 radical (unpaired) electrons. The number of aliphatic carboxylic acids is 2. The fourth-order valence-corrected chi connectivity index (χ4v) is 6.19. The van der Waals surface area contributed by atoms with E-state index in [0.717, 1.165) is 17.3 Å². The van der Waals surface area contributed by atoms with Crippen LogP contribution in [0.5, 0.6) is 0 Å². The second-order valence-electron chi connectivity index (χ2n) is 12.9. The van der Waals surface area contributed by atoms with Gasteiger partial charge in [-0.15, -0.1) is 0 Å². The number of hydrogen-bond donors (Lipinski definition) is 6. The minimum atomic E-state index is -1.26. The number of nitrogens with one attached hydrogen (secondary N) is 4. The molecule has 270 valence electrons. The van der Waals surface area contributed by atoms with Gasteiger partial charge in [-0.2, -0.15) is 11.8 Å². The van der Waals surface area contributed by atoms with Gasteiger partial charge in [-0.3, -0.25) is 34.7 Å². The summed E-state index contributed by atoms with van der Waals surface area (Å²) in [5.74, 6) is -3.19. The van der Waals surface area contributed by atoms with Crippen LogP contribution in [-0.4, -0.2) is 85.9 Å². The molecule has 3 rings (SSSR count). The average Bonchev–Trinajstić information content (AvgIpc) is 3.00. The Morgan fingerprint density at radius 1 is 0.980 bits per heavy atom. The quantitative estimate of drug-likeness (QED) is 0.0781. The number of likely N-dealkylation sites (N-methyl/N-ethyl adjacent to an activating group) is 1. The zero-order valence-electron chi connectivity index (χ0n) is 28.0. The topological polar surface area (TPSA) is 246 Å². The van der Waals surface area contributed by atoms with E-state index in [1.807, 2.05) is 20.8 Å². The van der Waals surface area contributed by atoms with Crippen LogP contribution < -0.4 is 21.3 Å². The molecule has 2 aromatic rings. The van der Waals surface area contributed by atoms with Crippen molar-refractivity contribution in [3.05, 3.63) is 85.8 Å². The molecule has 0 saturated heterocycles. The summed E-state index contributed by atoms with van der Waals surface area (Å²) < 4.78 is 0. The molecule has 1 heterocycles. The molecule has 17 nitrogen and oxygen atoms in total. The summed E-state index contributed by atoms with van der Waals surface area (Å²) in [6.07, 6.45) is 1.39. The van der Waals surface area contributed by atoms with Gasteiger partial charge in [-0.25, -0.2) is 9.59 Å². The van der Waals surface area contributed by atoms with E-state index >= 15 is 0 Å². The summed E-state index contributed by atoms with van der Waals surface area (Å²) in [4.78, 5) is 72.3. The van der Waals surface area contributed by atoms with Crippen LogP contribution >= 0.6 is 11.8 Å². The minimum Gasteiger partial charge on any atom is -0.480 e. The zero-order chi connectivity index (χ0) is 37.2. The first-order valence-electron chi connectivity index (χ1n) is 15.5. The Kier molecular flexibility index (Phi) is 13.7. The second kappa shape index (κ2) is 17.4. The third kappa shape index (κ3) is 12.0. The summed E-state index contributed by atoms with van der Waals surface area (Å²) in [5.41, 5.74) is 1.75. The Morgan fingerprint density at radius 2 is 1.60 bits per heavy atom. The first-order chi connectivity index (χ1) is 23.4. The number of amides is 2. The van der Waals surface area contributed by atoms with Gasteiger partial charge in [-0.1, -0.05) is 26.8 Å². The number of nitro groups is 2. The number of carboxylic acids is 2. The fourth-order valence-electron chi connectivity index (χ4n) is 5.16. The molecule has 18 heteroatoms. The number of nitro benzene ring substituents is 1. The van der Waals surface area contributed by atoms with Gasteiger partial charge >= 0.3 is 11.9 Å². The van der Waals surface area contributed by atoms with E-state index in [1.165, 1.54) is 24.3 Å². The summed E-state index contributed by atoms with van der Waals surface area (Å²) in [6.45, 7) is 6.03. The Morgan fingerprint density at radius 3 is 2.18 bits per heavy atom. The molecule has 0 bridgehead atoms. The van der Waals surface area contributed by atoms with Crippen molar-refractivity contribution in [3.8, 4) is 0 Å². The molecule has 1 aliphatic heterocycles. The van der Waals surface area contributed by atoms with Crippen molar-refractivity contribution in [2.45, 2.75) is 58.2 Å². The Labute approximate surface area is 292 Å². The molecule has 2 aromatic carbocycles. The average molecular weight is 716 g/mol. The van der Waals surface area contributed by atoms with Crippen LogP contribution in [0, 0.1) is 25.6 Å². The lowest BCUT2D eigenvalue weighted by molar-refractivity contribution is -0.403. The third-order valence-electron chi connectivity index (χ3n) is 7.51. The normalized spacial score (nSPS) is 15.9. The lowest BCUT2D eigenvalue weighted by Gasteiger charge is -2.34. The maximum absolute atomic E-state index is 13.5. The molecule has 2 amide bonds. The number of nitrogens with zero attached hydrogens (tertiary/aromatic N) is 3. The molecular formula is C32H41N7O10S. The highest BCUT2D eigenvalue weighted by Gasteiger charge is 2.33. The molecule has 0 aliphatic carbocycles. The lowest BCUT2D eigenvalue weighted by Crippen LogP contribution is -2.48. The van der Waals surface area contributed by atoms with Crippen molar-refractivity contribution in [2.75, 3.05) is 35.7 Å². The standard InChI is InChI=1S/C32H41N7O10S/c1-32(2,3)16-27(40)35-25(31(44)45)18-50-14-12-24(30(42)43)36-29(41)28-23-10-7-21(15-19(23)11-13-37(28)4)34-26(17-38(46)47)33-20-5-8-22(9-6-20)39(48)49/h5-10,15,17,24-25,28,33-34H,11-14,16,18H2,1-4H3,(H,35,40)(H,36,41)(H,42,43)(H,44,45). The molecule has 0 aromatic heterocycles. The molecule has 1 aliphatic rings. The van der Waals surface area contributed by atoms with E-state index in [2.05, 4.69) is 21.3 Å². The lowest BCUT2D eigenvalue weighted by atomic mass is 9.91. The molecule has 3 atom stereocenters. The highest BCUT2D eigenvalue weighted by atomic mass is 32.2. The molecule has 3 unspecified atom stereocenters. The number of carbonyl (C=O) groups excluding carboxylic acids is 2. The molecule has 50 heavy (non-hydrogen) atoms. The Hall–Kier alpha value is -5.23. The number of carbonyl (C=O) groups is 4. The Bertz CT molecular complexity index is 1630. The molecule has 0 fully saturated rings. The number of anilines is 2. The maximum atomic E-state index is 13.5. The smallest absolute Gasteiger partial charge is 0.327 e. The fraction of sp³-hybridized carbons (Fsp3) is 0.438. The van der Waals surface area contributed by atoms with E-state index in [9.17, 15) is 49.6 Å². The van der Waals surface area contributed by atoms with Gasteiger partial charge in [0.1, 0.15) is 18.1 Å². The zero-order valence-corrected chi connectivity index (χ0v) is 28.8. The van der Waals surface area contributed by atoms with Crippen LogP contribution in [0.2, 0.25) is 0 Å². The van der Waals surface area contributed by atoms with Gasteiger partial charge in [0.25, 0.3) is 11.9 Å². The summed E-state index contributed by atoms with van der Waals surface area (Å²) >= 11 is 1.15. The van der Waals surface area contributed by atoms with Crippen molar-refractivity contribution in [1.82, 2.24) is 15.5 Å². The van der Waals surface area contributed by atoms with Crippen molar-refractivity contribution in [3.63, 3.8) is 0 Å². The van der Waals surface area contributed by atoms with E-state index < -0.39 is 51.7 Å². The minimum absolute atomic E-state index is 0.00742. The molecule has 0 spiro atoms. The predicted molar refractivity (Wildman–Crippen MR) is 186 cm³/mol. The molecular weight excluding hydrogens is 674 g/mol. The van der Waals surface area contributed by atoms with Gasteiger partial charge in [0.2, 0.25) is 11.8 Å². The van der Waals surface area contributed by atoms with Crippen LogP contribution in [0.3, 0.4) is 0 Å². The number of hydrogen-bond acceptors (Lipinski definition) is 12. The Balaban J connectivity index is 1.66. The van der Waals surface area contributed by atoms with Gasteiger partial charge < -0.3 is 31.5 Å². The van der Waals surface area contributed by atoms with Gasteiger partial charge in [0.15, 0.2) is 5.82 Å². The summed E-state index contributed by atoms with van der Waals surface area (Å²) in [7, 11) is 1.73. The highest BCUT2D eigenvalue weighted by Crippen LogP contribution is 2.32. The van der Waals surface area contributed by atoms with Crippen LogP contribution in [0.15, 0.2) is 54.5 Å². The molecule has 6 N–H and O–H groups in total. The van der Waals surface area contributed by atoms with Crippen molar-refractivity contribution < 1.29 is 39.2 Å². The number of carboxylic acid groups (broad SMARTS) is 2. The van der Waals surface area contributed by atoms with Gasteiger partial charge in [0.05, 0.1) is 9.85 Å². The van der Waals surface area contributed by atoms with E-state index in [0.29, 0.717) is 36.1 Å². The van der Waals surface area contributed by atoms with E-state index in [4.69, 9.17) is 0 Å². The number of thioether (sulfide) groups is 1. The van der Waals surface area contributed by atoms with Gasteiger partial charge in [-0.05, 0) is 66.4 Å². The number of non-ortho nitro benzene ring substituents is 1. The number of fused-ring (bicyclic) bond motifs is 1. The van der Waals surface area contributed by atoms with Crippen LogP contribution in [0.25, 0.3) is 0 Å². The monoisotopic (exact) mass is 715 g/mol. The predicted octanol–water partition coefficient (Wildman–Crippen LogP) is 3.42. The highest BCUT2D eigenvalue weighted by molar-refractivity contribution is 7.99. The van der Waals surface area contributed by atoms with Crippen molar-refractivity contribution in [1.29, 1.82) is 0 Å². The SMILES string of the molecule is CN1CCc2cc(NC(=C[N+](=O)[O-])Nc3ccc([N+](=O)[O-])cc3)ccc2C1C(=O)NC(CCSCC(NC(=O)CC(C)(C)C)C(=O)O)C(=O)O. The second-order valence-corrected chi connectivity index (χ2v) is 14.0. The van der Waals surface area contributed by atoms with Crippen LogP contribution in [-0.2, 0) is 25.6 Å². The van der Waals surface area contributed by atoms with Gasteiger partial charge in [0, 0.05) is 42.2 Å². The number of benzene rings is 2. The largest absolute Gasteiger partial charge is 0.480 e. The third-order valence-corrected chi connectivity index (χ3v) is 8.60.